The number of thiophene rings is 1. The summed E-state index contributed by atoms with van der Waals surface area (Å²) in [6, 6.07) is 2.30. The van der Waals surface area contributed by atoms with Crippen molar-refractivity contribution in [3.63, 3.8) is 0 Å². The highest BCUT2D eigenvalue weighted by molar-refractivity contribution is 7.16. The molecule has 3 atom stereocenters. The maximum absolute atomic E-state index is 11.3. The first-order valence-corrected chi connectivity index (χ1v) is 8.26. The van der Waals surface area contributed by atoms with Crippen molar-refractivity contribution in [2.75, 3.05) is 24.5 Å². The molecule has 0 radical (unpaired) electrons. The minimum Gasteiger partial charge on any atom is -0.388 e. The predicted octanol–water partition coefficient (Wildman–Crippen LogP) is 2.38. The Bertz CT molecular complexity index is 546. The van der Waals surface area contributed by atoms with Crippen molar-refractivity contribution in [2.24, 2.45) is 0 Å². The van der Waals surface area contributed by atoms with E-state index in [-0.39, 0.29) is 16.7 Å². The summed E-state index contributed by atoms with van der Waals surface area (Å²) in [4.78, 5) is 16.3. The Hall–Kier alpha value is -1.18. The molecule has 0 saturated carbocycles. The van der Waals surface area contributed by atoms with E-state index in [0.29, 0.717) is 15.9 Å². The predicted molar refractivity (Wildman–Crippen MR) is 83.0 cm³/mol. The van der Waals surface area contributed by atoms with E-state index in [0.717, 1.165) is 19.6 Å². The van der Waals surface area contributed by atoms with Gasteiger partial charge in [-0.05, 0) is 33.2 Å². The van der Waals surface area contributed by atoms with Gasteiger partial charge in [0.2, 0.25) is 0 Å². The van der Waals surface area contributed by atoms with Gasteiger partial charge in [-0.2, -0.15) is 0 Å². The monoisotopic (exact) mass is 311 g/mol. The van der Waals surface area contributed by atoms with Crippen molar-refractivity contribution in [2.45, 2.75) is 44.9 Å². The lowest BCUT2D eigenvalue weighted by atomic mass is 10.1. The fourth-order valence-electron chi connectivity index (χ4n) is 3.40. The van der Waals surface area contributed by atoms with E-state index in [9.17, 15) is 15.2 Å². The molecular weight excluding hydrogens is 290 g/mol. The molecule has 6 nitrogen and oxygen atoms in total. The third-order valence-corrected chi connectivity index (χ3v) is 5.85. The van der Waals surface area contributed by atoms with Crippen LogP contribution in [0.2, 0.25) is 0 Å². The standard InChI is InChI=1S/C14H21N3O3S/c1-9-7-15-5-3-4-11(15)8-16(9)14-12(17(19)20)6-13(21-14)10(2)18/h6,9-11,18H,3-5,7-8H2,1-2H3/t9?,10-,11?/m0/s1. The van der Waals surface area contributed by atoms with Crippen LogP contribution in [0.25, 0.3) is 0 Å². The van der Waals surface area contributed by atoms with Crippen molar-refractivity contribution in [3.05, 3.63) is 21.1 Å². The molecule has 1 N–H and O–H groups in total. The normalized spacial score (nSPS) is 27.7. The molecule has 116 valence electrons. The fourth-order valence-corrected chi connectivity index (χ4v) is 4.58. The highest BCUT2D eigenvalue weighted by Gasteiger charge is 2.37. The molecule has 0 spiro atoms. The molecule has 0 aromatic carbocycles. The summed E-state index contributed by atoms with van der Waals surface area (Å²) in [5.74, 6) is 0. The number of rotatable bonds is 3. The minimum atomic E-state index is -0.662. The lowest BCUT2D eigenvalue weighted by Gasteiger charge is -2.42. The molecule has 0 aliphatic carbocycles. The van der Waals surface area contributed by atoms with Crippen molar-refractivity contribution in [1.29, 1.82) is 0 Å². The fraction of sp³-hybridized carbons (Fsp3) is 0.714. The molecule has 0 bridgehead atoms. The Balaban J connectivity index is 1.93. The summed E-state index contributed by atoms with van der Waals surface area (Å²) in [6.07, 6.45) is 1.73. The molecular formula is C14H21N3O3S. The Morgan fingerprint density at radius 1 is 1.52 bits per heavy atom. The lowest BCUT2D eigenvalue weighted by Crippen LogP contribution is -2.55. The molecule has 2 fully saturated rings. The first-order valence-electron chi connectivity index (χ1n) is 7.44. The second kappa shape index (κ2) is 5.55. The van der Waals surface area contributed by atoms with Crippen molar-refractivity contribution < 1.29 is 10.0 Å². The number of nitrogens with zero attached hydrogens (tertiary/aromatic N) is 3. The van der Waals surface area contributed by atoms with Gasteiger partial charge in [0.25, 0.3) is 0 Å². The quantitative estimate of drug-likeness (QED) is 0.685. The smallest absolute Gasteiger partial charge is 0.304 e. The van der Waals surface area contributed by atoms with E-state index in [2.05, 4.69) is 16.7 Å². The van der Waals surface area contributed by atoms with E-state index >= 15 is 0 Å². The van der Waals surface area contributed by atoms with Crippen LogP contribution < -0.4 is 4.90 Å². The number of hydrogen-bond acceptors (Lipinski definition) is 6. The van der Waals surface area contributed by atoms with Gasteiger partial charge < -0.3 is 10.0 Å². The van der Waals surface area contributed by atoms with E-state index < -0.39 is 6.10 Å². The Kier molecular flexibility index (Phi) is 3.90. The maximum atomic E-state index is 11.3. The second-order valence-electron chi connectivity index (χ2n) is 6.06. The van der Waals surface area contributed by atoms with E-state index in [1.165, 1.54) is 30.2 Å². The van der Waals surface area contributed by atoms with Gasteiger partial charge in [-0.25, -0.2) is 0 Å². The Morgan fingerprint density at radius 2 is 2.29 bits per heavy atom. The highest BCUT2D eigenvalue weighted by Crippen LogP contribution is 2.42. The third-order valence-electron chi connectivity index (χ3n) is 4.52. The molecule has 2 saturated heterocycles. The van der Waals surface area contributed by atoms with Crippen molar-refractivity contribution in [1.82, 2.24) is 4.90 Å². The number of hydrogen-bond donors (Lipinski definition) is 1. The van der Waals surface area contributed by atoms with Crippen LogP contribution in [0.15, 0.2) is 6.07 Å². The van der Waals surface area contributed by atoms with Crippen LogP contribution in [0.3, 0.4) is 0 Å². The number of nitro groups is 1. The van der Waals surface area contributed by atoms with Crippen LogP contribution in [0, 0.1) is 10.1 Å². The van der Waals surface area contributed by atoms with Crippen LogP contribution in [-0.2, 0) is 0 Å². The molecule has 21 heavy (non-hydrogen) atoms. The largest absolute Gasteiger partial charge is 0.388 e. The van der Waals surface area contributed by atoms with Gasteiger partial charge in [0.15, 0.2) is 5.00 Å². The molecule has 1 aromatic heterocycles. The third kappa shape index (κ3) is 2.65. The highest BCUT2D eigenvalue weighted by atomic mass is 32.1. The van der Waals surface area contributed by atoms with Crippen LogP contribution in [-0.4, -0.2) is 46.6 Å². The van der Waals surface area contributed by atoms with Gasteiger partial charge in [0.1, 0.15) is 0 Å². The molecule has 2 unspecified atom stereocenters. The van der Waals surface area contributed by atoms with Crippen LogP contribution in [0.1, 0.15) is 37.7 Å². The Morgan fingerprint density at radius 3 is 2.95 bits per heavy atom. The summed E-state index contributed by atoms with van der Waals surface area (Å²) < 4.78 is 0. The van der Waals surface area contributed by atoms with Gasteiger partial charge in [0, 0.05) is 36.1 Å². The van der Waals surface area contributed by atoms with E-state index in [1.54, 1.807) is 6.92 Å². The van der Waals surface area contributed by atoms with E-state index in [4.69, 9.17) is 0 Å². The SMILES string of the molecule is CC1CN2CCCC2CN1c1sc([C@H](C)O)cc1[N+](=O)[O-]. The molecule has 7 heteroatoms. The van der Waals surface area contributed by atoms with Gasteiger partial charge in [0.05, 0.1) is 11.0 Å². The van der Waals surface area contributed by atoms with Crippen LogP contribution in [0.5, 0.6) is 0 Å². The molecule has 3 rings (SSSR count). The summed E-state index contributed by atoms with van der Waals surface area (Å²) in [7, 11) is 0. The van der Waals surface area contributed by atoms with Gasteiger partial charge >= 0.3 is 5.69 Å². The summed E-state index contributed by atoms with van der Waals surface area (Å²) in [5.41, 5.74) is 0.134. The first-order chi connectivity index (χ1) is 9.97. The van der Waals surface area contributed by atoms with Crippen molar-refractivity contribution in [3.8, 4) is 0 Å². The van der Waals surface area contributed by atoms with Gasteiger partial charge in [-0.1, -0.05) is 0 Å². The molecule has 2 aliphatic heterocycles. The average molecular weight is 311 g/mol. The first kappa shape index (κ1) is 14.7. The molecule has 1 aromatic rings. The van der Waals surface area contributed by atoms with Gasteiger partial charge in [-0.3, -0.25) is 15.0 Å². The zero-order valence-electron chi connectivity index (χ0n) is 12.4. The van der Waals surface area contributed by atoms with E-state index in [1.807, 2.05) is 0 Å². The summed E-state index contributed by atoms with van der Waals surface area (Å²) >= 11 is 1.36. The van der Waals surface area contributed by atoms with Crippen molar-refractivity contribution >= 4 is 22.0 Å². The van der Waals surface area contributed by atoms with Crippen LogP contribution in [0.4, 0.5) is 10.7 Å². The average Bonchev–Trinajstić information content (AvgIpc) is 3.02. The maximum Gasteiger partial charge on any atom is 0.304 e. The summed E-state index contributed by atoms with van der Waals surface area (Å²) in [6.45, 7) is 6.73. The zero-order chi connectivity index (χ0) is 15.1. The Labute approximate surface area is 128 Å². The number of aliphatic hydroxyl groups is 1. The minimum absolute atomic E-state index is 0.134. The number of aliphatic hydroxyl groups excluding tert-OH is 1. The van der Waals surface area contributed by atoms with Gasteiger partial charge in [-0.15, -0.1) is 11.3 Å². The second-order valence-corrected chi connectivity index (χ2v) is 7.13. The number of anilines is 1. The molecule has 0 amide bonds. The van der Waals surface area contributed by atoms with Crippen LogP contribution >= 0.6 is 11.3 Å². The molecule has 2 aliphatic rings. The molecule has 3 heterocycles. The zero-order valence-corrected chi connectivity index (χ0v) is 13.2. The number of fused-ring (bicyclic) bond motifs is 1. The topological polar surface area (TPSA) is 69.8 Å². The lowest BCUT2D eigenvalue weighted by molar-refractivity contribution is -0.383. The summed E-state index contributed by atoms with van der Waals surface area (Å²) in [5, 5.41) is 21.8. The number of piperazine rings is 1.